The Balaban J connectivity index is 0.000000257. The fraction of sp³-hybridized carbons (Fsp3) is 0.235. The summed E-state index contributed by atoms with van der Waals surface area (Å²) in [5.41, 5.74) is 47.8. The quantitative estimate of drug-likeness (QED) is 0.00421. The number of carbonyl (C=O) groups is 4. The van der Waals surface area contributed by atoms with E-state index in [0.29, 0.717) is 202 Å². The molecule has 0 saturated carbocycles. The summed E-state index contributed by atoms with van der Waals surface area (Å²) in [5.74, 6) is 3.24. The van der Waals surface area contributed by atoms with E-state index in [1.165, 1.54) is 24.3 Å². The highest BCUT2D eigenvalue weighted by atomic mass is 35.5. The first kappa shape index (κ1) is 112. The molecule has 0 heterocycles. The maximum atomic E-state index is 12.5. The number of nitrogens with zero attached hydrogens (tertiary/aromatic N) is 2. The molecule has 0 unspecified atom stereocenters. The largest absolute Gasteiger partial charge is 0.508 e. The predicted molar refractivity (Wildman–Crippen MR) is 536 cm³/mol. The number of aliphatic imine (C=N–C) groups is 2. The van der Waals surface area contributed by atoms with E-state index in [2.05, 4.69) is 9.98 Å². The molecule has 0 aliphatic rings. The van der Waals surface area contributed by atoms with E-state index < -0.39 is 23.2 Å². The van der Waals surface area contributed by atoms with Crippen molar-refractivity contribution in [2.75, 3.05) is 134 Å². The van der Waals surface area contributed by atoms with Crippen molar-refractivity contribution in [2.24, 2.45) is 55.9 Å². The summed E-state index contributed by atoms with van der Waals surface area (Å²) in [6.45, 7) is 9.29. The summed E-state index contributed by atoms with van der Waals surface area (Å²) in [6.07, 6.45) is 3.11. The zero-order valence-electron chi connectivity index (χ0n) is 77.5. The average molecular weight is 1930 g/mol. The van der Waals surface area contributed by atoms with E-state index in [9.17, 15) is 24.3 Å². The molecule has 12 rings (SSSR count). The molecule has 23 N–H and O–H groups in total. The van der Waals surface area contributed by atoms with E-state index in [0.717, 1.165) is 47.2 Å². The van der Waals surface area contributed by atoms with Crippen LogP contribution in [-0.2, 0) is 37.9 Å². The molecular weight excluding hydrogens is 1810 g/mol. The fourth-order valence-corrected chi connectivity index (χ4v) is 11.4. The smallest absolute Gasteiger partial charge is 0.343 e. The molecule has 0 fully saturated rings. The standard InChI is InChI=1S/C24H26N2O5.C20H25N3O5.C20H24N2O5.C13H17ClO4.C11H10N2O.C7H9N3O.C7H8N2O/c1-28-13-14-29-11-2-12-30-21-8-5-17(6-9-21)24(27)31-22-10-7-18-15-20(23(25)26)4-3-19(18)16-22;1-25-13-14-26-11-2-12-27-17-7-3-15(4-8-17)19(24)28-18-9-5-16(6-10-18)23-20(21)22;1-24-13-14-25-11-2-12-26-17-7-5-16(6-8-17)20(23)27-18-9-3-15(4-10-18)19(21)22;1-16-9-10-17-7-2-8-18-12-5-3-11(4-6-12)13(14)15;12-11(13)9-2-1-8-6-10(14)4-3-7(8)5-9;8-7(9)10-5-1-3-6(11)4-2-5;8-7(9)5-1-3-6(10)4-2-5/h3-10,15-16H,2,11-14H2,1H3,(H3,25,26);3-10H,2,11-14H2,1H3,(H4,21,22,23);3-10H,2,11-14H2,1H3,(H3,21,22);3-6H,2,7-10H2,1H3;1-6,14H,(H3,12,13);1-4,11H,(H4,8,9,10);1-4,10H,(H3,8,9). The van der Waals surface area contributed by atoms with Gasteiger partial charge in [-0.25, -0.2) is 24.4 Å². The Labute approximate surface area is 810 Å². The number of phenolic OH excluding ortho intramolecular Hbond substituents is 3. The number of halogens is 1. The van der Waals surface area contributed by atoms with Crippen LogP contribution in [0.3, 0.4) is 0 Å². The molecule has 0 aromatic heterocycles. The first-order chi connectivity index (χ1) is 67.0. The highest BCUT2D eigenvalue weighted by Crippen LogP contribution is 2.27. The molecule has 0 amide bonds. The first-order valence-corrected chi connectivity index (χ1v) is 43.6. The number of nitrogens with one attached hydrogen (secondary N) is 4. The topological polar surface area (TPSA) is 596 Å². The number of rotatable bonds is 45. The molecule has 0 aliphatic heterocycles. The van der Waals surface area contributed by atoms with Gasteiger partial charge in [-0.05, 0) is 264 Å². The monoisotopic (exact) mass is 1930 g/mol. The van der Waals surface area contributed by atoms with Gasteiger partial charge in [0.25, 0.3) is 5.24 Å². The van der Waals surface area contributed by atoms with Crippen LogP contribution in [0.5, 0.6) is 57.5 Å². The number of ether oxygens (including phenoxy) is 15. The summed E-state index contributed by atoms with van der Waals surface area (Å²) in [7, 11) is 6.55. The molecule has 0 aliphatic carbocycles. The van der Waals surface area contributed by atoms with Gasteiger partial charge in [0.05, 0.1) is 107 Å². The lowest BCUT2D eigenvalue weighted by molar-refractivity contribution is 0.0644. The van der Waals surface area contributed by atoms with E-state index in [4.69, 9.17) is 160 Å². The van der Waals surface area contributed by atoms with Crippen molar-refractivity contribution in [3.05, 3.63) is 311 Å². The van der Waals surface area contributed by atoms with Crippen molar-refractivity contribution in [1.29, 1.82) is 21.6 Å². The number of nitrogens with two attached hydrogens (primary N) is 8. The fourth-order valence-electron chi connectivity index (χ4n) is 11.2. The predicted octanol–water partition coefficient (Wildman–Crippen LogP) is 13.9. The van der Waals surface area contributed by atoms with Gasteiger partial charge in [0.15, 0.2) is 11.9 Å². The lowest BCUT2D eigenvalue weighted by Crippen LogP contribution is -2.21. The van der Waals surface area contributed by atoms with Gasteiger partial charge in [-0.1, -0.05) is 36.4 Å². The summed E-state index contributed by atoms with van der Waals surface area (Å²) in [6, 6.07) is 73.8. The van der Waals surface area contributed by atoms with E-state index in [1.54, 1.807) is 241 Å². The molecular formula is C102H119ClN14O22. The number of fused-ring (bicyclic) bond motifs is 2. The summed E-state index contributed by atoms with van der Waals surface area (Å²) >= 11 is 5.34. The lowest BCUT2D eigenvalue weighted by atomic mass is 10.1. The van der Waals surface area contributed by atoms with Crippen LogP contribution < -0.4 is 79.0 Å². The zero-order valence-corrected chi connectivity index (χ0v) is 78.3. The molecule has 37 heteroatoms. The van der Waals surface area contributed by atoms with E-state index in [-0.39, 0.29) is 52.5 Å². The number of nitrogen functional groups attached to an aromatic ring is 4. The van der Waals surface area contributed by atoms with Crippen LogP contribution in [0.4, 0.5) is 11.4 Å². The molecule has 0 spiro atoms. The Morgan fingerprint density at radius 1 is 0.259 bits per heavy atom. The van der Waals surface area contributed by atoms with Gasteiger partial charge in [0.1, 0.15) is 80.8 Å². The molecule has 12 aromatic rings. The Morgan fingerprint density at radius 3 is 0.813 bits per heavy atom. The molecule has 0 radical (unpaired) electrons. The third-order valence-electron chi connectivity index (χ3n) is 18.3. The maximum Gasteiger partial charge on any atom is 0.343 e. The summed E-state index contributed by atoms with van der Waals surface area (Å²) < 4.78 is 79.4. The number of aromatic hydroxyl groups is 3. The van der Waals surface area contributed by atoms with E-state index in [1.807, 2.05) is 30.3 Å². The Hall–Kier alpha value is -15.8. The normalized spacial score (nSPS) is 10.3. The number of amidine groups is 4. The van der Waals surface area contributed by atoms with Crippen molar-refractivity contribution in [3.8, 4) is 57.5 Å². The highest BCUT2D eigenvalue weighted by molar-refractivity contribution is 6.67. The van der Waals surface area contributed by atoms with Gasteiger partial charge >= 0.3 is 17.9 Å². The minimum atomic E-state index is -0.469. The second kappa shape index (κ2) is 64.2. The zero-order chi connectivity index (χ0) is 101. The third kappa shape index (κ3) is 45.9. The number of guanidine groups is 2. The first-order valence-electron chi connectivity index (χ1n) is 43.2. The van der Waals surface area contributed by atoms with Gasteiger partial charge in [-0.3, -0.25) is 26.4 Å². The minimum Gasteiger partial charge on any atom is -0.508 e. The highest BCUT2D eigenvalue weighted by Gasteiger charge is 2.15. The molecule has 0 bridgehead atoms. The second-order valence-corrected chi connectivity index (χ2v) is 29.4. The van der Waals surface area contributed by atoms with Gasteiger partial charge < -0.3 is 132 Å². The van der Waals surface area contributed by atoms with Gasteiger partial charge in [-0.2, -0.15) is 0 Å². The Bertz CT molecular complexity index is 5810. The molecule has 736 valence electrons. The average Bonchev–Trinajstić information content (AvgIpc) is 0.823. The summed E-state index contributed by atoms with van der Waals surface area (Å²) in [5, 5.41) is 59.4. The SMILES string of the molecule is COCCOCCCOc1ccc(C(=O)Cl)cc1.COCCOCCCOc1ccc(C(=O)Oc2ccc(C(=N)N)cc2)cc1.COCCOCCCOc1ccc(C(=O)Oc2ccc(N=C(N)N)cc2)cc1.COCCOCCCOc1ccc(C(=O)Oc2ccc3cc(C(=N)N)ccc3c2)cc1.N=C(N)c1ccc(O)cc1.N=C(N)c1ccc2cc(O)ccc2c1.NC(N)=Nc1ccc(O)cc1. The molecule has 12 aromatic carbocycles. The number of methoxy groups -OCH3 is 4. The van der Waals surface area contributed by atoms with Crippen molar-refractivity contribution in [1.82, 2.24) is 0 Å². The van der Waals surface area contributed by atoms with Crippen LogP contribution in [-0.4, -0.2) is 208 Å². The van der Waals surface area contributed by atoms with Crippen LogP contribution in [0, 0.1) is 21.6 Å². The van der Waals surface area contributed by atoms with Crippen LogP contribution in [0.1, 0.15) is 89.4 Å². The lowest BCUT2D eigenvalue weighted by Gasteiger charge is -2.09. The Morgan fingerprint density at radius 2 is 0.496 bits per heavy atom. The number of hydrogen-bond acceptors (Lipinski definition) is 28. The minimum absolute atomic E-state index is 0.00990. The molecule has 36 nitrogen and oxygen atoms in total. The number of esters is 3. The van der Waals surface area contributed by atoms with Crippen molar-refractivity contribution < 1.29 is 106 Å². The molecule has 0 atom stereocenters. The number of carbonyl (C=O) groups excluding carboxylic acids is 4. The maximum absolute atomic E-state index is 12.5. The summed E-state index contributed by atoms with van der Waals surface area (Å²) in [4.78, 5) is 55.3. The Kier molecular flexibility index (Phi) is 51.7. The number of benzene rings is 12. The van der Waals surface area contributed by atoms with Crippen LogP contribution >= 0.6 is 11.6 Å². The van der Waals surface area contributed by atoms with Crippen molar-refractivity contribution in [3.63, 3.8) is 0 Å². The third-order valence-corrected chi connectivity index (χ3v) is 18.5. The van der Waals surface area contributed by atoms with Crippen molar-refractivity contribution >= 4 is 103 Å². The van der Waals surface area contributed by atoms with Crippen LogP contribution in [0.2, 0.25) is 0 Å². The van der Waals surface area contributed by atoms with Gasteiger partial charge in [-0.15, -0.1) is 0 Å². The van der Waals surface area contributed by atoms with Crippen LogP contribution in [0.15, 0.2) is 277 Å². The number of hydrogen-bond donors (Lipinski definition) is 15. The van der Waals surface area contributed by atoms with Gasteiger partial charge in [0, 0.05) is 108 Å². The molecule has 0 saturated heterocycles. The van der Waals surface area contributed by atoms with E-state index >= 15 is 0 Å². The number of phenols is 3. The van der Waals surface area contributed by atoms with Gasteiger partial charge in [0.2, 0.25) is 0 Å². The second-order valence-electron chi connectivity index (χ2n) is 29.0. The molecule has 139 heavy (non-hydrogen) atoms. The van der Waals surface area contributed by atoms with Crippen molar-refractivity contribution in [2.45, 2.75) is 25.7 Å². The van der Waals surface area contributed by atoms with Crippen LogP contribution in [0.25, 0.3) is 21.5 Å².